The normalized spacial score (nSPS) is 25.2. The van der Waals surface area contributed by atoms with Gasteiger partial charge >= 0.3 is 0 Å². The average molecular weight is 570 g/mol. The molecular weight excluding hydrogens is 514 g/mol. The smallest absolute Gasteiger partial charge is 0.220 e. The number of aliphatic hydroxyl groups is 5. The van der Waals surface area contributed by atoms with Gasteiger partial charge < -0.3 is 40.3 Å². The van der Waals surface area contributed by atoms with E-state index in [1.54, 1.807) is 6.08 Å². The van der Waals surface area contributed by atoms with Crippen LogP contribution < -0.4 is 5.32 Å². The van der Waals surface area contributed by atoms with E-state index in [4.69, 9.17) is 9.47 Å². The lowest BCUT2D eigenvalue weighted by Crippen LogP contribution is -2.60. The molecule has 9 nitrogen and oxygen atoms in total. The van der Waals surface area contributed by atoms with Gasteiger partial charge in [-0.1, -0.05) is 88.8 Å². The molecule has 0 radical (unpaired) electrons. The summed E-state index contributed by atoms with van der Waals surface area (Å²) in [7, 11) is 0. The summed E-state index contributed by atoms with van der Waals surface area (Å²) in [6.07, 6.45) is 16.5. The van der Waals surface area contributed by atoms with Crippen molar-refractivity contribution in [3.05, 3.63) is 36.5 Å². The molecule has 7 atom stereocenters. The fourth-order valence-electron chi connectivity index (χ4n) is 4.43. The Balaban J connectivity index is 2.63. The molecule has 1 fully saturated rings. The van der Waals surface area contributed by atoms with Crippen molar-refractivity contribution in [2.75, 3.05) is 13.2 Å². The Labute approximate surface area is 241 Å². The summed E-state index contributed by atoms with van der Waals surface area (Å²) in [6, 6.07) is -0.818. The minimum Gasteiger partial charge on any atom is -0.394 e. The number of rotatable bonds is 22. The largest absolute Gasteiger partial charge is 0.394 e. The van der Waals surface area contributed by atoms with Crippen LogP contribution in [0.3, 0.4) is 0 Å². The van der Waals surface area contributed by atoms with Crippen LogP contribution in [0.25, 0.3) is 0 Å². The molecule has 0 aromatic rings. The summed E-state index contributed by atoms with van der Waals surface area (Å²) < 4.78 is 11.0. The van der Waals surface area contributed by atoms with Crippen molar-refractivity contribution in [1.29, 1.82) is 0 Å². The Morgan fingerprint density at radius 2 is 1.45 bits per heavy atom. The number of nitrogens with one attached hydrogen (secondary N) is 1. The third kappa shape index (κ3) is 15.4. The molecule has 9 heteroatoms. The van der Waals surface area contributed by atoms with E-state index in [0.29, 0.717) is 6.42 Å². The van der Waals surface area contributed by atoms with E-state index in [2.05, 4.69) is 43.5 Å². The van der Waals surface area contributed by atoms with Gasteiger partial charge in [0.05, 0.1) is 25.4 Å². The van der Waals surface area contributed by atoms with E-state index >= 15 is 0 Å². The summed E-state index contributed by atoms with van der Waals surface area (Å²) in [6.45, 7) is 3.51. The van der Waals surface area contributed by atoms with Gasteiger partial charge in [-0.3, -0.25) is 4.79 Å². The quantitative estimate of drug-likeness (QED) is 0.0858. The number of hydrogen-bond acceptors (Lipinski definition) is 8. The number of carbonyl (C=O) groups is 1. The van der Waals surface area contributed by atoms with Gasteiger partial charge in [-0.15, -0.1) is 0 Å². The minimum absolute atomic E-state index is 0.205. The highest BCUT2D eigenvalue weighted by Crippen LogP contribution is 2.22. The molecular formula is C31H55NO8. The lowest BCUT2D eigenvalue weighted by molar-refractivity contribution is -0.302. The molecule has 232 valence electrons. The third-order valence-electron chi connectivity index (χ3n) is 6.96. The number of amides is 1. The second-order valence-electron chi connectivity index (χ2n) is 10.5. The van der Waals surface area contributed by atoms with Crippen molar-refractivity contribution < 1.29 is 39.8 Å². The zero-order chi connectivity index (χ0) is 29.6. The number of allylic oxidation sites excluding steroid dienone is 5. The van der Waals surface area contributed by atoms with Crippen LogP contribution >= 0.6 is 0 Å². The van der Waals surface area contributed by atoms with E-state index in [1.807, 2.05) is 6.08 Å². The SMILES string of the molecule is CC/C=C/CC/C=C/CC/C=C/C(O)C(COC1OC(CO)C(O)C(O)C1O)NC(=O)CCCCCCCCC. The van der Waals surface area contributed by atoms with Gasteiger partial charge in [-0.2, -0.15) is 0 Å². The second kappa shape index (κ2) is 23.0. The maximum atomic E-state index is 12.6. The van der Waals surface area contributed by atoms with Crippen LogP contribution in [0.1, 0.15) is 97.3 Å². The molecule has 1 amide bonds. The van der Waals surface area contributed by atoms with Gasteiger partial charge in [0.15, 0.2) is 6.29 Å². The van der Waals surface area contributed by atoms with Gasteiger partial charge in [0.25, 0.3) is 0 Å². The van der Waals surface area contributed by atoms with Crippen molar-refractivity contribution in [3.63, 3.8) is 0 Å². The van der Waals surface area contributed by atoms with Crippen molar-refractivity contribution in [3.8, 4) is 0 Å². The van der Waals surface area contributed by atoms with E-state index in [0.717, 1.165) is 51.4 Å². The van der Waals surface area contributed by atoms with Crippen molar-refractivity contribution >= 4 is 5.91 Å². The monoisotopic (exact) mass is 569 g/mol. The molecule has 0 bridgehead atoms. The number of aliphatic hydroxyl groups excluding tert-OH is 5. The lowest BCUT2D eigenvalue weighted by Gasteiger charge is -2.40. The first-order valence-corrected chi connectivity index (χ1v) is 15.2. The molecule has 1 aliphatic heterocycles. The van der Waals surface area contributed by atoms with Gasteiger partial charge in [0.1, 0.15) is 24.4 Å². The molecule has 0 aromatic heterocycles. The Kier molecular flexibility index (Phi) is 21.0. The highest BCUT2D eigenvalue weighted by Gasteiger charge is 2.44. The summed E-state index contributed by atoms with van der Waals surface area (Å²) >= 11 is 0. The number of unbranched alkanes of at least 4 members (excludes halogenated alkanes) is 8. The Bertz CT molecular complexity index is 726. The van der Waals surface area contributed by atoms with Crippen LogP contribution in [0, 0.1) is 0 Å². The predicted molar refractivity (Wildman–Crippen MR) is 156 cm³/mol. The molecule has 0 aromatic carbocycles. The Hall–Kier alpha value is -1.59. The van der Waals surface area contributed by atoms with Crippen molar-refractivity contribution in [1.82, 2.24) is 5.32 Å². The Morgan fingerprint density at radius 1 is 0.850 bits per heavy atom. The van der Waals surface area contributed by atoms with Crippen LogP contribution in [-0.4, -0.2) is 87.5 Å². The molecule has 0 aliphatic carbocycles. The molecule has 0 saturated carbocycles. The van der Waals surface area contributed by atoms with Crippen molar-refractivity contribution in [2.45, 2.75) is 140 Å². The zero-order valence-electron chi connectivity index (χ0n) is 24.6. The molecule has 0 spiro atoms. The fourth-order valence-corrected chi connectivity index (χ4v) is 4.43. The van der Waals surface area contributed by atoms with Crippen LogP contribution in [0.5, 0.6) is 0 Å². The van der Waals surface area contributed by atoms with Crippen LogP contribution in [0.4, 0.5) is 0 Å². The van der Waals surface area contributed by atoms with Gasteiger partial charge in [-0.25, -0.2) is 0 Å². The highest BCUT2D eigenvalue weighted by atomic mass is 16.7. The maximum absolute atomic E-state index is 12.6. The zero-order valence-corrected chi connectivity index (χ0v) is 24.6. The van der Waals surface area contributed by atoms with Crippen LogP contribution in [-0.2, 0) is 14.3 Å². The summed E-state index contributed by atoms with van der Waals surface area (Å²) in [5, 5.41) is 53.3. The van der Waals surface area contributed by atoms with Crippen LogP contribution in [0.2, 0.25) is 0 Å². The first-order valence-electron chi connectivity index (χ1n) is 15.2. The summed E-state index contributed by atoms with van der Waals surface area (Å²) in [5.41, 5.74) is 0. The Morgan fingerprint density at radius 3 is 2.08 bits per heavy atom. The molecule has 1 aliphatic rings. The molecule has 6 N–H and O–H groups in total. The maximum Gasteiger partial charge on any atom is 0.220 e. The summed E-state index contributed by atoms with van der Waals surface area (Å²) in [5.74, 6) is -0.205. The number of carbonyl (C=O) groups excluding carboxylic acids is 1. The van der Waals surface area contributed by atoms with E-state index < -0.39 is 49.5 Å². The molecule has 1 saturated heterocycles. The first-order chi connectivity index (χ1) is 19.3. The van der Waals surface area contributed by atoms with E-state index in [1.165, 1.54) is 25.7 Å². The first kappa shape index (κ1) is 36.4. The molecule has 1 rings (SSSR count). The lowest BCUT2D eigenvalue weighted by atomic mass is 9.99. The molecule has 7 unspecified atom stereocenters. The standard InChI is InChI=1S/C31H55NO8/c1-3-5-7-9-11-12-13-15-16-18-20-25(34)24(32-27(35)21-19-17-14-10-8-6-4-2)23-39-31-30(38)29(37)28(36)26(22-33)40-31/h5,7,12-13,18,20,24-26,28-31,33-34,36-38H,3-4,6,8-11,14-17,19,21-23H2,1-2H3,(H,32,35)/b7-5+,13-12+,20-18+. The average Bonchev–Trinajstić information content (AvgIpc) is 2.95. The van der Waals surface area contributed by atoms with Gasteiger partial charge in [-0.05, 0) is 38.5 Å². The van der Waals surface area contributed by atoms with E-state index in [9.17, 15) is 30.3 Å². The third-order valence-corrected chi connectivity index (χ3v) is 6.96. The molecule has 40 heavy (non-hydrogen) atoms. The van der Waals surface area contributed by atoms with E-state index in [-0.39, 0.29) is 12.5 Å². The van der Waals surface area contributed by atoms with Crippen LogP contribution in [0.15, 0.2) is 36.5 Å². The van der Waals surface area contributed by atoms with Gasteiger partial charge in [0.2, 0.25) is 5.91 Å². The number of ether oxygens (including phenoxy) is 2. The molecule has 1 heterocycles. The fraction of sp³-hybridized carbons (Fsp3) is 0.774. The topological polar surface area (TPSA) is 149 Å². The summed E-state index contributed by atoms with van der Waals surface area (Å²) in [4.78, 5) is 12.6. The van der Waals surface area contributed by atoms with Crippen molar-refractivity contribution in [2.24, 2.45) is 0 Å². The van der Waals surface area contributed by atoms with Gasteiger partial charge in [0, 0.05) is 6.42 Å². The predicted octanol–water partition coefficient (Wildman–Crippen LogP) is 3.43. The second-order valence-corrected chi connectivity index (χ2v) is 10.5. The highest BCUT2D eigenvalue weighted by molar-refractivity contribution is 5.76. The number of hydrogen-bond donors (Lipinski definition) is 6. The minimum atomic E-state index is -1.57.